The van der Waals surface area contributed by atoms with Crippen molar-refractivity contribution < 1.29 is 9.90 Å². The zero-order valence-electron chi connectivity index (χ0n) is 12.6. The van der Waals surface area contributed by atoms with Crippen LogP contribution in [0.1, 0.15) is 59.8 Å². The van der Waals surface area contributed by atoms with Crippen molar-refractivity contribution >= 4 is 6.47 Å². The first kappa shape index (κ1) is 17.4. The molecular formula is C15H31NO2. The Morgan fingerprint density at radius 3 is 2.11 bits per heavy atom. The summed E-state index contributed by atoms with van der Waals surface area (Å²) in [5.41, 5.74) is 0. The molecule has 0 spiro atoms. The average Bonchev–Trinajstić information content (AvgIpc) is 2.79. The van der Waals surface area contributed by atoms with E-state index in [4.69, 9.17) is 9.90 Å². The predicted molar refractivity (Wildman–Crippen MR) is 76.8 cm³/mol. The maximum absolute atomic E-state index is 8.36. The molecular weight excluding hydrogens is 226 g/mol. The molecule has 1 N–H and O–H groups in total. The molecule has 18 heavy (non-hydrogen) atoms. The largest absolute Gasteiger partial charge is 0.483 e. The molecule has 1 rings (SSSR count). The third kappa shape index (κ3) is 6.39. The van der Waals surface area contributed by atoms with E-state index in [2.05, 4.69) is 32.6 Å². The van der Waals surface area contributed by atoms with Crippen LogP contribution in [0.5, 0.6) is 0 Å². The zero-order valence-corrected chi connectivity index (χ0v) is 12.6. The van der Waals surface area contributed by atoms with Crippen molar-refractivity contribution in [2.45, 2.75) is 65.8 Å². The summed E-state index contributed by atoms with van der Waals surface area (Å²) in [6, 6.07) is 0.749. The van der Waals surface area contributed by atoms with Gasteiger partial charge in [-0.3, -0.25) is 4.79 Å². The number of nitrogens with zero attached hydrogens (tertiary/aromatic N) is 1. The van der Waals surface area contributed by atoms with Gasteiger partial charge in [-0.15, -0.1) is 0 Å². The van der Waals surface area contributed by atoms with E-state index < -0.39 is 0 Å². The van der Waals surface area contributed by atoms with Crippen molar-refractivity contribution in [3.8, 4) is 0 Å². The van der Waals surface area contributed by atoms with Gasteiger partial charge in [0.2, 0.25) is 0 Å². The van der Waals surface area contributed by atoms with Crippen LogP contribution in [0.2, 0.25) is 0 Å². The number of hydrogen-bond acceptors (Lipinski definition) is 2. The Morgan fingerprint density at radius 2 is 1.78 bits per heavy atom. The van der Waals surface area contributed by atoms with E-state index in [1.54, 1.807) is 0 Å². The molecule has 1 aliphatic rings. The second-order valence-electron chi connectivity index (χ2n) is 5.58. The van der Waals surface area contributed by atoms with Crippen molar-refractivity contribution in [2.75, 3.05) is 13.1 Å². The molecule has 1 unspecified atom stereocenters. The fourth-order valence-electron chi connectivity index (χ4n) is 3.03. The molecule has 108 valence electrons. The maximum atomic E-state index is 8.36. The van der Waals surface area contributed by atoms with Gasteiger partial charge in [0.05, 0.1) is 0 Å². The van der Waals surface area contributed by atoms with Gasteiger partial charge in [0.25, 0.3) is 6.47 Å². The highest BCUT2D eigenvalue weighted by Gasteiger charge is 2.29. The highest BCUT2D eigenvalue weighted by Crippen LogP contribution is 2.31. The quantitative estimate of drug-likeness (QED) is 0.739. The highest BCUT2D eigenvalue weighted by atomic mass is 16.3. The number of hydrogen-bond donors (Lipinski definition) is 1. The molecule has 0 bridgehead atoms. The monoisotopic (exact) mass is 257 g/mol. The Hall–Kier alpha value is -0.570. The average molecular weight is 257 g/mol. The van der Waals surface area contributed by atoms with Crippen LogP contribution in [0.3, 0.4) is 0 Å². The lowest BCUT2D eigenvalue weighted by molar-refractivity contribution is -0.122. The number of carboxylic acid groups (broad SMARTS) is 1. The Labute approximate surface area is 113 Å². The van der Waals surface area contributed by atoms with Crippen molar-refractivity contribution in [1.82, 2.24) is 4.90 Å². The molecule has 3 heteroatoms. The van der Waals surface area contributed by atoms with E-state index in [0.29, 0.717) is 0 Å². The molecule has 0 radical (unpaired) electrons. The molecule has 0 aromatic rings. The van der Waals surface area contributed by atoms with Gasteiger partial charge >= 0.3 is 0 Å². The molecule has 1 fully saturated rings. The first-order chi connectivity index (χ1) is 8.60. The second kappa shape index (κ2) is 10.4. The summed E-state index contributed by atoms with van der Waals surface area (Å²) in [5.74, 6) is 2.00. The molecule has 1 aliphatic heterocycles. The molecule has 0 aliphatic carbocycles. The topological polar surface area (TPSA) is 40.5 Å². The summed E-state index contributed by atoms with van der Waals surface area (Å²) in [4.78, 5) is 11.0. The minimum Gasteiger partial charge on any atom is -0.483 e. The Kier molecular flexibility index (Phi) is 10.0. The maximum Gasteiger partial charge on any atom is 0.290 e. The Morgan fingerprint density at radius 1 is 1.28 bits per heavy atom. The number of likely N-dealkylation sites (tertiary alicyclic amines) is 1. The highest BCUT2D eigenvalue weighted by molar-refractivity contribution is 5.32. The predicted octanol–water partition coefficient (Wildman–Crippen LogP) is 3.63. The molecule has 3 nitrogen and oxygen atoms in total. The van der Waals surface area contributed by atoms with Crippen molar-refractivity contribution in [3.05, 3.63) is 0 Å². The summed E-state index contributed by atoms with van der Waals surface area (Å²) in [6.07, 6.45) is 7.07. The van der Waals surface area contributed by atoms with E-state index in [0.717, 1.165) is 17.9 Å². The lowest BCUT2D eigenvalue weighted by Gasteiger charge is -2.25. The van der Waals surface area contributed by atoms with Gasteiger partial charge in [0, 0.05) is 12.6 Å². The minimum atomic E-state index is -0.250. The first-order valence-electron chi connectivity index (χ1n) is 7.42. The van der Waals surface area contributed by atoms with Crippen LogP contribution in [0.15, 0.2) is 0 Å². The molecule has 1 saturated heterocycles. The van der Waals surface area contributed by atoms with Gasteiger partial charge in [-0.1, -0.05) is 39.5 Å². The van der Waals surface area contributed by atoms with Crippen LogP contribution in [0, 0.1) is 11.8 Å². The first-order valence-corrected chi connectivity index (χ1v) is 7.42. The Bertz CT molecular complexity index is 201. The van der Waals surface area contributed by atoms with Crippen molar-refractivity contribution in [1.29, 1.82) is 0 Å². The van der Waals surface area contributed by atoms with Crippen molar-refractivity contribution in [3.63, 3.8) is 0 Å². The van der Waals surface area contributed by atoms with Crippen LogP contribution in [0.25, 0.3) is 0 Å². The van der Waals surface area contributed by atoms with Gasteiger partial charge < -0.3 is 10.0 Å². The molecule has 1 heterocycles. The third-order valence-corrected chi connectivity index (χ3v) is 3.97. The molecule has 0 amide bonds. The summed E-state index contributed by atoms with van der Waals surface area (Å²) >= 11 is 0. The molecule has 0 saturated carbocycles. The van der Waals surface area contributed by atoms with E-state index in [9.17, 15) is 0 Å². The summed E-state index contributed by atoms with van der Waals surface area (Å²) < 4.78 is 0. The second-order valence-corrected chi connectivity index (χ2v) is 5.58. The summed E-state index contributed by atoms with van der Waals surface area (Å²) in [6.45, 7) is 11.8. The van der Waals surface area contributed by atoms with Gasteiger partial charge in [0.15, 0.2) is 0 Å². The van der Waals surface area contributed by atoms with E-state index in [1.807, 2.05) is 0 Å². The molecule has 0 aromatic carbocycles. The van der Waals surface area contributed by atoms with Crippen LogP contribution in [-0.4, -0.2) is 35.6 Å². The number of rotatable bonds is 6. The normalized spacial score (nSPS) is 20.0. The van der Waals surface area contributed by atoms with Crippen LogP contribution < -0.4 is 0 Å². The minimum absolute atomic E-state index is 0.250. The lowest BCUT2D eigenvalue weighted by Crippen LogP contribution is -2.29. The van der Waals surface area contributed by atoms with Gasteiger partial charge in [-0.2, -0.15) is 0 Å². The Balaban J connectivity index is 0.000000873. The number of carbonyl (C=O) groups is 1. The fourth-order valence-corrected chi connectivity index (χ4v) is 3.03. The van der Waals surface area contributed by atoms with E-state index >= 15 is 0 Å². The van der Waals surface area contributed by atoms with Crippen molar-refractivity contribution in [2.24, 2.45) is 11.8 Å². The van der Waals surface area contributed by atoms with E-state index in [1.165, 1.54) is 45.2 Å². The van der Waals surface area contributed by atoms with Crippen LogP contribution >= 0.6 is 0 Å². The standard InChI is InChI=1S/C14H29N.CH2O2/c1-5-7-13(8-6-2)14-9-10-15(11-14)12(3)4;2-1-3/h12-14H,5-11H2,1-4H3;1H,(H,2,3). The van der Waals surface area contributed by atoms with Crippen LogP contribution in [0.4, 0.5) is 0 Å². The third-order valence-electron chi connectivity index (χ3n) is 3.97. The molecule has 1 atom stereocenters. The van der Waals surface area contributed by atoms with Gasteiger partial charge in [-0.05, 0) is 38.6 Å². The summed E-state index contributed by atoms with van der Waals surface area (Å²) in [5, 5.41) is 6.89. The van der Waals surface area contributed by atoms with E-state index in [-0.39, 0.29) is 6.47 Å². The zero-order chi connectivity index (χ0) is 14.0. The summed E-state index contributed by atoms with van der Waals surface area (Å²) in [7, 11) is 0. The van der Waals surface area contributed by atoms with Gasteiger partial charge in [-0.25, -0.2) is 0 Å². The fraction of sp³-hybridized carbons (Fsp3) is 0.933. The lowest BCUT2D eigenvalue weighted by atomic mass is 9.84. The smallest absolute Gasteiger partial charge is 0.290 e. The SMILES string of the molecule is CCCC(CCC)C1CCN(C(C)C)C1.O=CO. The van der Waals surface area contributed by atoms with Crippen LogP contribution in [-0.2, 0) is 4.79 Å². The van der Waals surface area contributed by atoms with Gasteiger partial charge in [0.1, 0.15) is 0 Å². The molecule has 0 aromatic heterocycles.